The van der Waals surface area contributed by atoms with E-state index in [2.05, 4.69) is 20.8 Å². The number of hydrogen-bond donors (Lipinski definition) is 0. The fourth-order valence-corrected chi connectivity index (χ4v) is 3.74. The third-order valence-electron chi connectivity index (χ3n) is 4.01. The van der Waals surface area contributed by atoms with E-state index in [1.807, 2.05) is 44.2 Å². The van der Waals surface area contributed by atoms with Crippen LogP contribution in [0.15, 0.2) is 47.4 Å². The van der Waals surface area contributed by atoms with E-state index in [9.17, 15) is 8.42 Å². The molecule has 2 nitrogen and oxygen atoms in total. The van der Waals surface area contributed by atoms with Gasteiger partial charge in [0.2, 0.25) is 0 Å². The summed E-state index contributed by atoms with van der Waals surface area (Å²) in [5.41, 5.74) is 4.22. The van der Waals surface area contributed by atoms with Gasteiger partial charge < -0.3 is 0 Å². The van der Waals surface area contributed by atoms with E-state index in [0.29, 0.717) is 4.90 Å². The van der Waals surface area contributed by atoms with Gasteiger partial charge in [0.25, 0.3) is 0 Å². The first kappa shape index (κ1) is 16.8. The zero-order valence-electron chi connectivity index (χ0n) is 14.0. The Morgan fingerprint density at radius 1 is 0.864 bits per heavy atom. The summed E-state index contributed by atoms with van der Waals surface area (Å²) in [6, 6.07) is 13.2. The van der Waals surface area contributed by atoms with E-state index < -0.39 is 9.84 Å². The minimum atomic E-state index is -3.30. The van der Waals surface area contributed by atoms with Gasteiger partial charge in [-0.2, -0.15) is 0 Å². The molecule has 0 atom stereocenters. The molecule has 0 N–H and O–H groups in total. The van der Waals surface area contributed by atoms with Crippen molar-refractivity contribution in [3.63, 3.8) is 0 Å². The quantitative estimate of drug-likeness (QED) is 0.831. The van der Waals surface area contributed by atoms with Crippen LogP contribution in [0.4, 0.5) is 0 Å². The van der Waals surface area contributed by atoms with Crippen molar-refractivity contribution in [3.8, 4) is 0 Å². The summed E-state index contributed by atoms with van der Waals surface area (Å²) in [6.45, 7) is 10.4. The maximum Gasteiger partial charge on any atom is 0.182 e. The van der Waals surface area contributed by atoms with Crippen LogP contribution in [0.3, 0.4) is 0 Å². The van der Waals surface area contributed by atoms with Gasteiger partial charge in [0.15, 0.2) is 9.84 Å². The number of rotatable bonds is 3. The highest BCUT2D eigenvalue weighted by Crippen LogP contribution is 2.24. The largest absolute Gasteiger partial charge is 0.223 e. The Labute approximate surface area is 134 Å². The Kier molecular flexibility index (Phi) is 4.48. The predicted molar refractivity (Wildman–Crippen MR) is 91.9 cm³/mol. The maximum absolute atomic E-state index is 12.5. The molecule has 3 heteroatoms. The molecule has 0 unspecified atom stereocenters. The topological polar surface area (TPSA) is 34.1 Å². The molecule has 0 fully saturated rings. The van der Waals surface area contributed by atoms with Crippen molar-refractivity contribution in [2.24, 2.45) is 0 Å². The molecule has 0 bridgehead atoms. The first-order chi connectivity index (χ1) is 10.1. The molecule has 0 amide bonds. The minimum Gasteiger partial charge on any atom is -0.223 e. The van der Waals surface area contributed by atoms with E-state index in [0.717, 1.165) is 16.7 Å². The van der Waals surface area contributed by atoms with Gasteiger partial charge >= 0.3 is 0 Å². The highest BCUT2D eigenvalue weighted by atomic mass is 32.2. The first-order valence-electron chi connectivity index (χ1n) is 7.49. The lowest BCUT2D eigenvalue weighted by atomic mass is 9.87. The first-order valence-corrected chi connectivity index (χ1v) is 9.14. The van der Waals surface area contributed by atoms with Gasteiger partial charge in [0.1, 0.15) is 0 Å². The van der Waals surface area contributed by atoms with Gasteiger partial charge in [-0.15, -0.1) is 0 Å². The van der Waals surface area contributed by atoms with Crippen molar-refractivity contribution in [1.82, 2.24) is 0 Å². The predicted octanol–water partition coefficient (Wildman–Crippen LogP) is 4.57. The summed E-state index contributed by atoms with van der Waals surface area (Å²) in [7, 11) is -3.30. The van der Waals surface area contributed by atoms with Gasteiger partial charge in [0.05, 0.1) is 10.6 Å². The number of sulfone groups is 1. The zero-order chi connectivity index (χ0) is 16.5. The molecule has 0 aliphatic rings. The van der Waals surface area contributed by atoms with Crippen LogP contribution in [0, 0.1) is 13.8 Å². The molecule has 22 heavy (non-hydrogen) atoms. The molecule has 0 aliphatic carbocycles. The number of aryl methyl sites for hydroxylation is 2. The molecule has 2 rings (SSSR count). The molecule has 0 aliphatic heterocycles. The van der Waals surface area contributed by atoms with Gasteiger partial charge in [-0.3, -0.25) is 0 Å². The summed E-state index contributed by atoms with van der Waals surface area (Å²) in [5.74, 6) is 0.0416. The molecule has 2 aromatic rings. The molecule has 2 aromatic carbocycles. The van der Waals surface area contributed by atoms with E-state index in [-0.39, 0.29) is 11.2 Å². The van der Waals surface area contributed by atoms with Crippen LogP contribution in [-0.4, -0.2) is 8.42 Å². The number of benzene rings is 2. The second kappa shape index (κ2) is 5.88. The summed E-state index contributed by atoms with van der Waals surface area (Å²) in [5, 5.41) is 0. The SMILES string of the molecule is Cc1ccc(S(=O)(=O)Cc2ccc(C(C)(C)C)cc2)cc1C. The monoisotopic (exact) mass is 316 g/mol. The van der Waals surface area contributed by atoms with Gasteiger partial charge in [0, 0.05) is 0 Å². The Morgan fingerprint density at radius 3 is 1.95 bits per heavy atom. The van der Waals surface area contributed by atoms with Gasteiger partial charge in [-0.1, -0.05) is 51.1 Å². The third-order valence-corrected chi connectivity index (χ3v) is 5.70. The van der Waals surface area contributed by atoms with Crippen molar-refractivity contribution < 1.29 is 8.42 Å². The van der Waals surface area contributed by atoms with Crippen LogP contribution >= 0.6 is 0 Å². The van der Waals surface area contributed by atoms with Crippen molar-refractivity contribution in [2.75, 3.05) is 0 Å². The highest BCUT2D eigenvalue weighted by molar-refractivity contribution is 7.90. The van der Waals surface area contributed by atoms with Crippen molar-refractivity contribution in [2.45, 2.75) is 50.7 Å². The van der Waals surface area contributed by atoms with Crippen LogP contribution in [0.1, 0.15) is 43.0 Å². The van der Waals surface area contributed by atoms with E-state index in [1.165, 1.54) is 5.56 Å². The Hall–Kier alpha value is -1.61. The Balaban J connectivity index is 2.27. The second-order valence-corrected chi connectivity index (χ2v) is 8.94. The van der Waals surface area contributed by atoms with Crippen molar-refractivity contribution >= 4 is 9.84 Å². The van der Waals surface area contributed by atoms with Crippen molar-refractivity contribution in [3.05, 3.63) is 64.7 Å². The third kappa shape index (κ3) is 3.77. The summed E-state index contributed by atoms with van der Waals surface area (Å²) >= 11 is 0. The van der Waals surface area contributed by atoms with Crippen LogP contribution in [-0.2, 0) is 21.0 Å². The fraction of sp³-hybridized carbons (Fsp3) is 0.368. The van der Waals surface area contributed by atoms with Crippen LogP contribution in [0.25, 0.3) is 0 Å². The molecule has 0 heterocycles. The van der Waals surface area contributed by atoms with Gasteiger partial charge in [-0.25, -0.2) is 8.42 Å². The molecule has 118 valence electrons. The molecule has 0 saturated heterocycles. The molecular weight excluding hydrogens is 292 g/mol. The average molecular weight is 316 g/mol. The van der Waals surface area contributed by atoms with Crippen LogP contribution in [0.2, 0.25) is 0 Å². The average Bonchev–Trinajstić information content (AvgIpc) is 2.41. The second-order valence-electron chi connectivity index (χ2n) is 6.95. The lowest BCUT2D eigenvalue weighted by molar-refractivity contribution is 0.589. The molecule has 0 spiro atoms. The number of hydrogen-bond acceptors (Lipinski definition) is 2. The summed E-state index contributed by atoms with van der Waals surface area (Å²) in [6.07, 6.45) is 0. The zero-order valence-corrected chi connectivity index (χ0v) is 14.8. The lowest BCUT2D eigenvalue weighted by Crippen LogP contribution is -2.11. The fourth-order valence-electron chi connectivity index (χ4n) is 2.31. The van der Waals surface area contributed by atoms with Crippen molar-refractivity contribution in [1.29, 1.82) is 0 Å². The molecule has 0 aromatic heterocycles. The maximum atomic E-state index is 12.5. The van der Waals surface area contributed by atoms with Crippen LogP contribution < -0.4 is 0 Å². The molecular formula is C19H24O2S. The van der Waals surface area contributed by atoms with E-state index in [1.54, 1.807) is 12.1 Å². The smallest absolute Gasteiger partial charge is 0.182 e. The van der Waals surface area contributed by atoms with E-state index >= 15 is 0 Å². The Morgan fingerprint density at radius 2 is 1.45 bits per heavy atom. The summed E-state index contributed by atoms with van der Waals surface area (Å²) < 4.78 is 25.1. The van der Waals surface area contributed by atoms with Crippen LogP contribution in [0.5, 0.6) is 0 Å². The normalized spacial score (nSPS) is 12.4. The minimum absolute atomic E-state index is 0.0416. The Bertz CT molecular complexity index is 764. The standard InChI is InChI=1S/C19H24O2S/c1-14-6-11-18(12-15(14)2)22(20,21)13-16-7-9-17(10-8-16)19(3,4)5/h6-12H,13H2,1-5H3. The van der Waals surface area contributed by atoms with E-state index in [4.69, 9.17) is 0 Å². The summed E-state index contributed by atoms with van der Waals surface area (Å²) in [4.78, 5) is 0.399. The molecule has 0 saturated carbocycles. The lowest BCUT2D eigenvalue weighted by Gasteiger charge is -2.19. The highest BCUT2D eigenvalue weighted by Gasteiger charge is 2.17. The van der Waals surface area contributed by atoms with Gasteiger partial charge in [-0.05, 0) is 53.6 Å². The molecule has 0 radical (unpaired) electrons.